The second kappa shape index (κ2) is 7.12. The molecule has 118 valence electrons. The van der Waals surface area contributed by atoms with E-state index in [-0.39, 0.29) is 32.0 Å². The van der Waals surface area contributed by atoms with Crippen molar-refractivity contribution in [3.63, 3.8) is 0 Å². The van der Waals surface area contributed by atoms with Gasteiger partial charge in [-0.1, -0.05) is 0 Å². The van der Waals surface area contributed by atoms with E-state index >= 15 is 0 Å². The van der Waals surface area contributed by atoms with Crippen LogP contribution in [-0.2, 0) is 4.79 Å². The van der Waals surface area contributed by atoms with Crippen molar-refractivity contribution in [2.75, 3.05) is 14.2 Å². The van der Waals surface area contributed by atoms with Crippen LogP contribution in [0.4, 0.5) is 0 Å². The van der Waals surface area contributed by atoms with Gasteiger partial charge < -0.3 is 0 Å². The molecule has 0 N–H and O–H groups in total. The molecule has 1 heterocycles. The van der Waals surface area contributed by atoms with Gasteiger partial charge in [0, 0.05) is 0 Å². The third kappa shape index (κ3) is 3.42. The van der Waals surface area contributed by atoms with Crippen LogP contribution in [0.15, 0.2) is 18.2 Å². The summed E-state index contributed by atoms with van der Waals surface area (Å²) in [6.45, 7) is 3.65. The Labute approximate surface area is 136 Å². The van der Waals surface area contributed by atoms with E-state index in [1.807, 2.05) is 32.0 Å². The average Bonchev–Trinajstić information content (AvgIpc) is 2.95. The van der Waals surface area contributed by atoms with Crippen molar-refractivity contribution >= 4 is 35.7 Å². The summed E-state index contributed by atoms with van der Waals surface area (Å²) in [5.41, 5.74) is 0. The Morgan fingerprint density at radius 2 is 1.77 bits per heavy atom. The summed E-state index contributed by atoms with van der Waals surface area (Å²) in [6, 6.07) is 5.76. The van der Waals surface area contributed by atoms with Crippen LogP contribution in [0.3, 0.4) is 0 Å². The summed E-state index contributed by atoms with van der Waals surface area (Å²) in [5.74, 6) is 1.35. The number of carbonyl (C=O) groups excluding carboxylic acids is 2. The van der Waals surface area contributed by atoms with Crippen LogP contribution in [0.2, 0.25) is 0 Å². The molecular formula is C17H20O4Se. The summed E-state index contributed by atoms with van der Waals surface area (Å²) in [7, 11) is 3.20. The van der Waals surface area contributed by atoms with Crippen molar-refractivity contribution in [2.24, 2.45) is 5.92 Å². The van der Waals surface area contributed by atoms with E-state index in [9.17, 15) is 9.59 Å². The van der Waals surface area contributed by atoms with Crippen molar-refractivity contribution in [1.82, 2.24) is 0 Å². The van der Waals surface area contributed by atoms with Gasteiger partial charge in [0.2, 0.25) is 0 Å². The zero-order valence-corrected chi connectivity index (χ0v) is 15.0. The molecule has 22 heavy (non-hydrogen) atoms. The Hall–Kier alpha value is -1.58. The Morgan fingerprint density at radius 1 is 1.14 bits per heavy atom. The number of methoxy groups -OCH3 is 2. The first-order chi connectivity index (χ1) is 10.5. The molecule has 2 rings (SSSR count). The molecule has 0 radical (unpaired) electrons. The van der Waals surface area contributed by atoms with E-state index in [0.29, 0.717) is 24.3 Å². The molecule has 0 aliphatic heterocycles. The van der Waals surface area contributed by atoms with Gasteiger partial charge in [-0.3, -0.25) is 0 Å². The molecule has 0 aliphatic carbocycles. The first-order valence-electron chi connectivity index (χ1n) is 7.21. The second-order valence-electron chi connectivity index (χ2n) is 5.20. The van der Waals surface area contributed by atoms with Crippen molar-refractivity contribution in [3.8, 4) is 11.5 Å². The van der Waals surface area contributed by atoms with E-state index in [1.165, 1.54) is 0 Å². The fourth-order valence-electron chi connectivity index (χ4n) is 2.34. The SMILES string of the molecule is CCC(=O)C(C)CC(=O)c1cc2cc(OC)c(OC)cc2[se]1. The van der Waals surface area contributed by atoms with Crippen LogP contribution in [0.25, 0.3) is 9.65 Å². The van der Waals surface area contributed by atoms with Gasteiger partial charge in [0.1, 0.15) is 0 Å². The van der Waals surface area contributed by atoms with Gasteiger partial charge >= 0.3 is 136 Å². The number of Topliss-reactive ketones (excluding diaryl/α,β-unsaturated/α-hetero) is 2. The van der Waals surface area contributed by atoms with Gasteiger partial charge in [0.25, 0.3) is 0 Å². The molecule has 0 fully saturated rings. The number of rotatable bonds is 7. The summed E-state index contributed by atoms with van der Waals surface area (Å²) in [5, 5.41) is 1.01. The number of ketones is 2. The molecule has 0 saturated carbocycles. The fraction of sp³-hybridized carbons (Fsp3) is 0.412. The molecule has 1 atom stereocenters. The average molecular weight is 367 g/mol. The van der Waals surface area contributed by atoms with Crippen LogP contribution in [0.5, 0.6) is 11.5 Å². The molecule has 0 spiro atoms. The van der Waals surface area contributed by atoms with Gasteiger partial charge in [0.15, 0.2) is 0 Å². The minimum absolute atomic E-state index is 0.0407. The van der Waals surface area contributed by atoms with Crippen LogP contribution in [0, 0.1) is 5.92 Å². The van der Waals surface area contributed by atoms with Crippen LogP contribution >= 0.6 is 0 Å². The molecule has 0 aliphatic rings. The Kier molecular flexibility index (Phi) is 5.43. The fourth-order valence-corrected chi connectivity index (χ4v) is 4.49. The van der Waals surface area contributed by atoms with Gasteiger partial charge in [-0.05, 0) is 0 Å². The van der Waals surface area contributed by atoms with E-state index < -0.39 is 0 Å². The predicted molar refractivity (Wildman–Crippen MR) is 87.4 cm³/mol. The van der Waals surface area contributed by atoms with Crippen molar-refractivity contribution in [2.45, 2.75) is 26.7 Å². The third-order valence-corrected chi connectivity index (χ3v) is 6.08. The van der Waals surface area contributed by atoms with Gasteiger partial charge in [0.05, 0.1) is 0 Å². The van der Waals surface area contributed by atoms with Crippen molar-refractivity contribution < 1.29 is 19.1 Å². The number of carbonyl (C=O) groups is 2. The first kappa shape index (κ1) is 16.8. The second-order valence-corrected chi connectivity index (χ2v) is 7.48. The van der Waals surface area contributed by atoms with Crippen molar-refractivity contribution in [1.29, 1.82) is 0 Å². The predicted octanol–water partition coefficient (Wildman–Crippen LogP) is 3.10. The summed E-state index contributed by atoms with van der Waals surface area (Å²) in [6.07, 6.45) is 0.774. The molecular weight excluding hydrogens is 347 g/mol. The van der Waals surface area contributed by atoms with Gasteiger partial charge in [-0.25, -0.2) is 0 Å². The Balaban J connectivity index is 2.29. The van der Waals surface area contributed by atoms with Crippen LogP contribution < -0.4 is 9.47 Å². The summed E-state index contributed by atoms with van der Waals surface area (Å²) in [4.78, 5) is 24.0. The van der Waals surface area contributed by atoms with Crippen molar-refractivity contribution in [3.05, 3.63) is 22.6 Å². The molecule has 1 unspecified atom stereocenters. The number of hydrogen-bond acceptors (Lipinski definition) is 4. The third-order valence-electron chi connectivity index (χ3n) is 3.69. The first-order valence-corrected chi connectivity index (χ1v) is 8.92. The maximum absolute atomic E-state index is 12.4. The number of benzene rings is 1. The maximum atomic E-state index is 12.4. The standard InChI is InChI=1S/C17H20O4Se/c1-5-12(18)10(2)6-13(19)17-8-11-7-14(20-3)15(21-4)9-16(11)22-17/h7-10H,5-6H2,1-4H3. The zero-order chi connectivity index (χ0) is 16.3. The molecule has 1 aromatic heterocycles. The number of ether oxygens (including phenoxy) is 2. The molecule has 4 nitrogen and oxygen atoms in total. The molecule has 5 heteroatoms. The van der Waals surface area contributed by atoms with Gasteiger partial charge in [-0.2, -0.15) is 0 Å². The molecule has 2 aromatic rings. The van der Waals surface area contributed by atoms with Gasteiger partial charge in [-0.15, -0.1) is 0 Å². The quantitative estimate of drug-likeness (QED) is 0.557. The zero-order valence-electron chi connectivity index (χ0n) is 13.3. The molecule has 0 saturated heterocycles. The van der Waals surface area contributed by atoms with Crippen LogP contribution in [0.1, 0.15) is 35.9 Å². The molecule has 1 aromatic carbocycles. The number of fused-ring (bicyclic) bond motifs is 1. The van der Waals surface area contributed by atoms with E-state index in [4.69, 9.17) is 9.47 Å². The number of hydrogen-bond donors (Lipinski definition) is 0. The van der Waals surface area contributed by atoms with E-state index in [0.717, 1.165) is 14.1 Å². The Morgan fingerprint density at radius 3 is 2.36 bits per heavy atom. The summed E-state index contributed by atoms with van der Waals surface area (Å²) >= 11 is -0.0407. The van der Waals surface area contributed by atoms with E-state index in [2.05, 4.69) is 0 Å². The van der Waals surface area contributed by atoms with E-state index in [1.54, 1.807) is 14.2 Å². The normalized spacial score (nSPS) is 12.2. The van der Waals surface area contributed by atoms with Crippen LogP contribution in [-0.4, -0.2) is 40.3 Å². The minimum atomic E-state index is -0.206. The topological polar surface area (TPSA) is 52.6 Å². The molecule has 0 bridgehead atoms. The molecule has 0 amide bonds. The monoisotopic (exact) mass is 368 g/mol. The summed E-state index contributed by atoms with van der Waals surface area (Å²) < 4.78 is 12.5. The Bertz CT molecular complexity index is 661.